The third-order valence-electron chi connectivity index (χ3n) is 1.59. The van der Waals surface area contributed by atoms with Crippen molar-refractivity contribution in [3.63, 3.8) is 0 Å². The van der Waals surface area contributed by atoms with Crippen molar-refractivity contribution >= 4 is 6.03 Å². The summed E-state index contributed by atoms with van der Waals surface area (Å²) >= 11 is 0. The molecule has 0 heterocycles. The summed E-state index contributed by atoms with van der Waals surface area (Å²) in [5.74, 6) is 0. The minimum atomic E-state index is -0.759. The molecule has 0 aliphatic rings. The summed E-state index contributed by atoms with van der Waals surface area (Å²) in [6.07, 6.45) is -0.759. The van der Waals surface area contributed by atoms with E-state index in [1.165, 1.54) is 0 Å². The number of urea groups is 1. The topological polar surface area (TPSA) is 87.4 Å². The second-order valence-corrected chi connectivity index (χ2v) is 3.57. The normalized spacial score (nSPS) is 14.6. The summed E-state index contributed by atoms with van der Waals surface area (Å²) in [6, 6.07) is -0.943. The van der Waals surface area contributed by atoms with Crippen molar-refractivity contribution in [2.24, 2.45) is 5.73 Å². The molecule has 0 saturated heterocycles. The predicted octanol–water partition coefficient (Wildman–Crippen LogP) is -0.0842. The molecule has 5 N–H and O–H groups in total. The van der Waals surface area contributed by atoms with Gasteiger partial charge in [0, 0.05) is 11.7 Å². The van der Waals surface area contributed by atoms with Gasteiger partial charge in [-0.05, 0) is 20.8 Å². The fourth-order valence-electron chi connectivity index (χ4n) is 0.968. The number of aliphatic hydroxyl groups is 1. The summed E-state index contributed by atoms with van der Waals surface area (Å²) in [5, 5.41) is 14.4. The van der Waals surface area contributed by atoms with Crippen LogP contribution in [-0.2, 0) is 0 Å². The van der Waals surface area contributed by atoms with Crippen LogP contribution in [0.4, 0.5) is 4.79 Å². The van der Waals surface area contributed by atoms with Gasteiger partial charge in [-0.25, -0.2) is 4.79 Å². The molecule has 0 spiro atoms. The van der Waals surface area contributed by atoms with E-state index >= 15 is 0 Å². The quantitative estimate of drug-likeness (QED) is 0.513. The molecule has 5 heteroatoms. The fraction of sp³-hybridized carbons (Fsp3) is 0.667. The van der Waals surface area contributed by atoms with Crippen LogP contribution >= 0.6 is 0 Å². The lowest BCUT2D eigenvalue weighted by Gasteiger charge is -2.22. The zero-order chi connectivity index (χ0) is 11.3. The average molecular weight is 201 g/mol. The molecule has 0 aromatic rings. The van der Waals surface area contributed by atoms with Gasteiger partial charge in [-0.1, -0.05) is 6.58 Å². The Morgan fingerprint density at radius 1 is 1.36 bits per heavy atom. The van der Waals surface area contributed by atoms with E-state index in [9.17, 15) is 9.90 Å². The Bertz CT molecular complexity index is 214. The number of carbonyl (C=O) groups excluding carboxylic acids is 1. The third kappa shape index (κ3) is 4.71. The van der Waals surface area contributed by atoms with E-state index in [0.717, 1.165) is 0 Å². The maximum atomic E-state index is 11.2. The lowest BCUT2D eigenvalue weighted by Crippen LogP contribution is -2.50. The lowest BCUT2D eigenvalue weighted by atomic mass is 10.1. The van der Waals surface area contributed by atoms with E-state index in [0.29, 0.717) is 0 Å². The van der Waals surface area contributed by atoms with Crippen molar-refractivity contribution < 1.29 is 9.90 Å². The molecule has 0 aromatic carbocycles. The molecule has 14 heavy (non-hydrogen) atoms. The lowest BCUT2D eigenvalue weighted by molar-refractivity contribution is 0.158. The number of hydrogen-bond donors (Lipinski definition) is 4. The van der Waals surface area contributed by atoms with E-state index in [1.807, 2.05) is 13.8 Å². The Kier molecular flexibility index (Phi) is 5.01. The second kappa shape index (κ2) is 5.49. The molecule has 0 aliphatic heterocycles. The molecule has 82 valence electrons. The highest BCUT2D eigenvalue weighted by Gasteiger charge is 2.18. The predicted molar refractivity (Wildman–Crippen MR) is 55.6 cm³/mol. The van der Waals surface area contributed by atoms with E-state index < -0.39 is 12.1 Å². The van der Waals surface area contributed by atoms with Crippen LogP contribution in [0.1, 0.15) is 20.8 Å². The van der Waals surface area contributed by atoms with Crippen molar-refractivity contribution in [2.75, 3.05) is 0 Å². The van der Waals surface area contributed by atoms with E-state index in [2.05, 4.69) is 17.2 Å². The Hall–Kier alpha value is -1.23. The van der Waals surface area contributed by atoms with Crippen LogP contribution in [0.15, 0.2) is 12.3 Å². The first kappa shape index (κ1) is 12.8. The molecule has 0 aromatic heterocycles. The Balaban J connectivity index is 4.17. The van der Waals surface area contributed by atoms with Crippen LogP contribution in [0, 0.1) is 0 Å². The second-order valence-electron chi connectivity index (χ2n) is 3.57. The number of carbonyl (C=O) groups is 1. The third-order valence-corrected chi connectivity index (χ3v) is 1.59. The largest absolute Gasteiger partial charge is 0.401 e. The van der Waals surface area contributed by atoms with Gasteiger partial charge in [-0.2, -0.15) is 0 Å². The highest BCUT2D eigenvalue weighted by Crippen LogP contribution is 1.98. The van der Waals surface area contributed by atoms with Crippen LogP contribution in [0.3, 0.4) is 0 Å². The Labute approximate surface area is 84.4 Å². The Morgan fingerprint density at radius 2 is 1.86 bits per heavy atom. The molecular formula is C9H19N3O2. The number of hydrogen-bond acceptors (Lipinski definition) is 3. The van der Waals surface area contributed by atoms with Gasteiger partial charge in [-0.3, -0.25) is 0 Å². The van der Waals surface area contributed by atoms with Crippen LogP contribution in [0.5, 0.6) is 0 Å². The number of rotatable bonds is 4. The number of amides is 2. The highest BCUT2D eigenvalue weighted by molar-refractivity contribution is 5.74. The maximum Gasteiger partial charge on any atom is 0.315 e. The van der Waals surface area contributed by atoms with Crippen molar-refractivity contribution in [2.45, 2.75) is 39.0 Å². The molecular weight excluding hydrogens is 182 g/mol. The molecule has 0 aliphatic carbocycles. The van der Waals surface area contributed by atoms with Gasteiger partial charge in [0.25, 0.3) is 0 Å². The van der Waals surface area contributed by atoms with Gasteiger partial charge < -0.3 is 21.5 Å². The van der Waals surface area contributed by atoms with Crippen LogP contribution in [-0.4, -0.2) is 29.3 Å². The van der Waals surface area contributed by atoms with E-state index in [-0.39, 0.29) is 17.8 Å². The van der Waals surface area contributed by atoms with Gasteiger partial charge in [0.05, 0.1) is 12.1 Å². The molecule has 5 nitrogen and oxygen atoms in total. The first-order chi connectivity index (χ1) is 6.34. The number of nitrogens with two attached hydrogens (primary N) is 1. The minimum absolute atomic E-state index is 0.0377. The van der Waals surface area contributed by atoms with Crippen LogP contribution in [0.2, 0.25) is 0 Å². The van der Waals surface area contributed by atoms with Crippen LogP contribution in [0.25, 0.3) is 0 Å². The average Bonchev–Trinajstić information content (AvgIpc) is 1.97. The van der Waals surface area contributed by atoms with Crippen molar-refractivity contribution in [1.29, 1.82) is 0 Å². The highest BCUT2D eigenvalue weighted by atomic mass is 16.3. The van der Waals surface area contributed by atoms with Gasteiger partial charge in [-0.15, -0.1) is 0 Å². The summed E-state index contributed by atoms with van der Waals surface area (Å²) in [4.78, 5) is 11.2. The molecule has 0 bridgehead atoms. The summed E-state index contributed by atoms with van der Waals surface area (Å²) in [5.41, 5.74) is 5.65. The van der Waals surface area contributed by atoms with Crippen molar-refractivity contribution in [3.05, 3.63) is 12.3 Å². The molecule has 2 atom stereocenters. The maximum absolute atomic E-state index is 11.2. The zero-order valence-corrected chi connectivity index (χ0v) is 8.87. The standard InChI is InChI=1S/C9H19N3O2/c1-5(2)11-9(14)12-8(6(3)10)7(4)13/h5,7-8,13H,3,10H2,1-2,4H3,(H2,11,12,14)/t7-,8-/m1/s1. The minimum Gasteiger partial charge on any atom is -0.401 e. The van der Waals surface area contributed by atoms with Crippen molar-refractivity contribution in [1.82, 2.24) is 10.6 Å². The van der Waals surface area contributed by atoms with Crippen molar-refractivity contribution in [3.8, 4) is 0 Å². The first-order valence-corrected chi connectivity index (χ1v) is 4.54. The summed E-state index contributed by atoms with van der Waals surface area (Å²) in [7, 11) is 0. The van der Waals surface area contributed by atoms with Gasteiger partial charge in [0.1, 0.15) is 0 Å². The Morgan fingerprint density at radius 3 is 2.14 bits per heavy atom. The first-order valence-electron chi connectivity index (χ1n) is 4.54. The molecule has 0 radical (unpaired) electrons. The zero-order valence-electron chi connectivity index (χ0n) is 8.87. The van der Waals surface area contributed by atoms with E-state index in [4.69, 9.17) is 5.73 Å². The van der Waals surface area contributed by atoms with Gasteiger partial charge in [0.2, 0.25) is 0 Å². The SMILES string of the molecule is C=C(N)[C@@H](NC(=O)NC(C)C)[C@@H](C)O. The summed E-state index contributed by atoms with van der Waals surface area (Å²) < 4.78 is 0. The molecule has 0 rings (SSSR count). The number of aliphatic hydroxyl groups excluding tert-OH is 1. The molecule has 2 amide bonds. The monoisotopic (exact) mass is 201 g/mol. The smallest absolute Gasteiger partial charge is 0.315 e. The van der Waals surface area contributed by atoms with E-state index in [1.54, 1.807) is 6.92 Å². The summed E-state index contributed by atoms with van der Waals surface area (Å²) in [6.45, 7) is 8.71. The molecule has 0 unspecified atom stereocenters. The van der Waals surface area contributed by atoms with Crippen LogP contribution < -0.4 is 16.4 Å². The van der Waals surface area contributed by atoms with Gasteiger partial charge in [0.15, 0.2) is 0 Å². The number of nitrogens with one attached hydrogen (secondary N) is 2. The fourth-order valence-corrected chi connectivity index (χ4v) is 0.968. The molecule has 0 fully saturated rings. The molecule has 0 saturated carbocycles. The van der Waals surface area contributed by atoms with Gasteiger partial charge >= 0.3 is 6.03 Å².